The lowest BCUT2D eigenvalue weighted by atomic mass is 9.85. The average Bonchev–Trinajstić information content (AvgIpc) is 2.46. The highest BCUT2D eigenvalue weighted by Crippen LogP contribution is 2.41. The Bertz CT molecular complexity index is 674. The first-order valence-electron chi connectivity index (χ1n) is 6.43. The highest BCUT2D eigenvalue weighted by Gasteiger charge is 2.26. The van der Waals surface area contributed by atoms with Gasteiger partial charge in [-0.1, -0.05) is 36.9 Å². The van der Waals surface area contributed by atoms with Crippen LogP contribution in [0.4, 0.5) is 0 Å². The molecule has 1 aliphatic heterocycles. The highest BCUT2D eigenvalue weighted by atomic mass is 16.5. The zero-order valence-electron chi connectivity index (χ0n) is 10.9. The minimum Gasteiger partial charge on any atom is -0.478 e. The molecule has 0 fully saturated rings. The second-order valence-electron chi connectivity index (χ2n) is 4.87. The van der Waals surface area contributed by atoms with Crippen LogP contribution < -0.4 is 4.74 Å². The second-order valence-corrected chi connectivity index (χ2v) is 4.87. The Labute approximate surface area is 117 Å². The molecule has 2 aromatic carbocycles. The topological polar surface area (TPSA) is 46.5 Å². The number of fused-ring (bicyclic) bond motifs is 1. The average molecular weight is 266 g/mol. The normalized spacial score (nSPS) is 17.2. The molecule has 3 rings (SSSR count). The molecule has 0 aromatic heterocycles. The molecule has 0 saturated carbocycles. The first-order chi connectivity index (χ1) is 9.65. The standard InChI is InChI=1S/C17H14O3/c1-11-9-14(12-5-3-2-4-6-12)15-10-13(17(18)19)7-8-16(15)20-11/h2-8,10,14H,1,9H2,(H,18,19)/t14-/m1/s1. The molecule has 0 saturated heterocycles. The van der Waals surface area contributed by atoms with Crippen LogP contribution in [0.5, 0.6) is 5.75 Å². The molecule has 0 bridgehead atoms. The van der Waals surface area contributed by atoms with E-state index in [1.165, 1.54) is 0 Å². The summed E-state index contributed by atoms with van der Waals surface area (Å²) in [6, 6.07) is 15.0. The Kier molecular flexibility index (Phi) is 3.03. The Balaban J connectivity index is 2.12. The molecule has 0 amide bonds. The van der Waals surface area contributed by atoms with Gasteiger partial charge in [-0.15, -0.1) is 0 Å². The molecule has 1 aliphatic rings. The van der Waals surface area contributed by atoms with Crippen molar-refractivity contribution in [2.24, 2.45) is 0 Å². The fourth-order valence-electron chi connectivity index (χ4n) is 2.56. The first-order valence-corrected chi connectivity index (χ1v) is 6.43. The number of carboxylic acids is 1. The number of carboxylic acid groups (broad SMARTS) is 1. The van der Waals surface area contributed by atoms with Gasteiger partial charge in [0.2, 0.25) is 0 Å². The van der Waals surface area contributed by atoms with E-state index >= 15 is 0 Å². The SMILES string of the molecule is C=C1C[C@H](c2ccccc2)c2cc(C(=O)O)ccc2O1. The predicted octanol–water partition coefficient (Wildman–Crippen LogP) is 3.81. The largest absolute Gasteiger partial charge is 0.478 e. The zero-order chi connectivity index (χ0) is 14.1. The van der Waals surface area contributed by atoms with Crippen LogP contribution in [0.1, 0.15) is 33.8 Å². The molecule has 0 radical (unpaired) electrons. The van der Waals surface area contributed by atoms with Crippen LogP contribution in [0.2, 0.25) is 0 Å². The van der Waals surface area contributed by atoms with Crippen molar-refractivity contribution in [3.8, 4) is 5.75 Å². The minimum atomic E-state index is -0.927. The Morgan fingerprint density at radius 3 is 2.65 bits per heavy atom. The van der Waals surface area contributed by atoms with E-state index in [4.69, 9.17) is 9.84 Å². The highest BCUT2D eigenvalue weighted by molar-refractivity contribution is 5.88. The molecule has 0 aliphatic carbocycles. The Hall–Kier alpha value is -2.55. The van der Waals surface area contributed by atoms with Crippen molar-refractivity contribution in [3.63, 3.8) is 0 Å². The van der Waals surface area contributed by atoms with E-state index in [0.29, 0.717) is 17.9 Å². The van der Waals surface area contributed by atoms with Gasteiger partial charge in [0.15, 0.2) is 0 Å². The van der Waals surface area contributed by atoms with Gasteiger partial charge in [-0.3, -0.25) is 0 Å². The van der Waals surface area contributed by atoms with Gasteiger partial charge in [0.1, 0.15) is 5.75 Å². The number of hydrogen-bond acceptors (Lipinski definition) is 2. The molecule has 1 N–H and O–H groups in total. The van der Waals surface area contributed by atoms with Gasteiger partial charge in [-0.05, 0) is 23.8 Å². The summed E-state index contributed by atoms with van der Waals surface area (Å²) in [6.45, 7) is 3.91. The van der Waals surface area contributed by atoms with Crippen LogP contribution >= 0.6 is 0 Å². The molecule has 1 heterocycles. The quantitative estimate of drug-likeness (QED) is 0.899. The second kappa shape index (κ2) is 4.85. The van der Waals surface area contributed by atoms with E-state index in [1.807, 2.05) is 30.3 Å². The summed E-state index contributed by atoms with van der Waals surface area (Å²) in [5, 5.41) is 9.14. The molecule has 2 aromatic rings. The van der Waals surface area contributed by atoms with E-state index in [2.05, 4.69) is 6.58 Å². The maximum atomic E-state index is 11.1. The fourth-order valence-corrected chi connectivity index (χ4v) is 2.56. The maximum Gasteiger partial charge on any atom is 0.335 e. The Morgan fingerprint density at radius 1 is 1.20 bits per heavy atom. The van der Waals surface area contributed by atoms with Crippen LogP contribution in [-0.4, -0.2) is 11.1 Å². The van der Waals surface area contributed by atoms with E-state index in [0.717, 1.165) is 11.1 Å². The lowest BCUT2D eigenvalue weighted by molar-refractivity contribution is 0.0696. The van der Waals surface area contributed by atoms with E-state index < -0.39 is 5.97 Å². The van der Waals surface area contributed by atoms with Crippen molar-refractivity contribution >= 4 is 5.97 Å². The molecule has 3 nitrogen and oxygen atoms in total. The maximum absolute atomic E-state index is 11.1. The van der Waals surface area contributed by atoms with Crippen molar-refractivity contribution < 1.29 is 14.6 Å². The lowest BCUT2D eigenvalue weighted by Crippen LogP contribution is -2.14. The van der Waals surface area contributed by atoms with Gasteiger partial charge in [-0.2, -0.15) is 0 Å². The third-order valence-corrected chi connectivity index (χ3v) is 3.52. The van der Waals surface area contributed by atoms with Crippen LogP contribution in [-0.2, 0) is 0 Å². The monoisotopic (exact) mass is 266 g/mol. The molecule has 0 unspecified atom stereocenters. The van der Waals surface area contributed by atoms with Gasteiger partial charge >= 0.3 is 5.97 Å². The summed E-state index contributed by atoms with van der Waals surface area (Å²) in [5.41, 5.74) is 2.32. The summed E-state index contributed by atoms with van der Waals surface area (Å²) < 4.78 is 5.63. The van der Waals surface area contributed by atoms with Gasteiger partial charge in [-0.25, -0.2) is 4.79 Å². The molecule has 1 atom stereocenters. The molecule has 20 heavy (non-hydrogen) atoms. The summed E-state index contributed by atoms with van der Waals surface area (Å²) >= 11 is 0. The zero-order valence-corrected chi connectivity index (χ0v) is 10.9. The van der Waals surface area contributed by atoms with Crippen molar-refractivity contribution in [1.82, 2.24) is 0 Å². The number of rotatable bonds is 2. The van der Waals surface area contributed by atoms with Crippen LogP contribution in [0.15, 0.2) is 60.9 Å². The van der Waals surface area contributed by atoms with Gasteiger partial charge in [0, 0.05) is 17.9 Å². The molecule has 100 valence electrons. The molecular formula is C17H14O3. The van der Waals surface area contributed by atoms with Crippen LogP contribution in [0.25, 0.3) is 0 Å². The summed E-state index contributed by atoms with van der Waals surface area (Å²) in [5.74, 6) is 0.560. The number of ether oxygens (including phenoxy) is 1. The molecule has 3 heteroatoms. The van der Waals surface area contributed by atoms with Crippen molar-refractivity contribution in [2.75, 3.05) is 0 Å². The van der Waals surface area contributed by atoms with Gasteiger partial charge < -0.3 is 9.84 Å². The summed E-state index contributed by atoms with van der Waals surface area (Å²) in [7, 11) is 0. The third-order valence-electron chi connectivity index (χ3n) is 3.52. The smallest absolute Gasteiger partial charge is 0.335 e. The number of allylic oxidation sites excluding steroid dienone is 1. The molecule has 0 spiro atoms. The molecular weight excluding hydrogens is 252 g/mol. The van der Waals surface area contributed by atoms with E-state index in [9.17, 15) is 4.79 Å². The summed E-state index contributed by atoms with van der Waals surface area (Å²) in [4.78, 5) is 11.1. The number of carbonyl (C=O) groups is 1. The van der Waals surface area contributed by atoms with Crippen molar-refractivity contribution in [3.05, 3.63) is 77.6 Å². The number of benzene rings is 2. The number of hydrogen-bond donors (Lipinski definition) is 1. The fraction of sp³-hybridized carbons (Fsp3) is 0.118. The minimum absolute atomic E-state index is 0.0896. The summed E-state index contributed by atoms with van der Waals surface area (Å²) in [6.07, 6.45) is 0.667. The van der Waals surface area contributed by atoms with Crippen LogP contribution in [0, 0.1) is 0 Å². The van der Waals surface area contributed by atoms with Crippen LogP contribution in [0.3, 0.4) is 0 Å². The van der Waals surface area contributed by atoms with Gasteiger partial charge in [0.05, 0.1) is 11.3 Å². The van der Waals surface area contributed by atoms with Crippen molar-refractivity contribution in [1.29, 1.82) is 0 Å². The van der Waals surface area contributed by atoms with Crippen molar-refractivity contribution in [2.45, 2.75) is 12.3 Å². The first kappa shape index (κ1) is 12.5. The number of aromatic carboxylic acids is 1. The third kappa shape index (κ3) is 2.18. The Morgan fingerprint density at radius 2 is 1.95 bits per heavy atom. The van der Waals surface area contributed by atoms with E-state index in [1.54, 1.807) is 18.2 Å². The predicted molar refractivity (Wildman–Crippen MR) is 76.1 cm³/mol. The van der Waals surface area contributed by atoms with Gasteiger partial charge in [0.25, 0.3) is 0 Å². The lowest BCUT2D eigenvalue weighted by Gasteiger charge is -2.27. The van der Waals surface area contributed by atoms with E-state index in [-0.39, 0.29) is 11.5 Å².